The summed E-state index contributed by atoms with van der Waals surface area (Å²) in [7, 11) is 0. The van der Waals surface area contributed by atoms with Crippen LogP contribution >= 0.6 is 15.9 Å². The van der Waals surface area contributed by atoms with Gasteiger partial charge < -0.3 is 9.88 Å². The second-order valence-electron chi connectivity index (χ2n) is 4.24. The summed E-state index contributed by atoms with van der Waals surface area (Å²) in [4.78, 5) is 16.1. The van der Waals surface area contributed by atoms with E-state index in [4.69, 9.17) is 0 Å². The van der Waals surface area contributed by atoms with Gasteiger partial charge in [-0.3, -0.25) is 9.78 Å². The summed E-state index contributed by atoms with van der Waals surface area (Å²) in [6.45, 7) is 4.07. The minimum absolute atomic E-state index is 0.137. The van der Waals surface area contributed by atoms with Gasteiger partial charge in [-0.05, 0) is 48.0 Å². The van der Waals surface area contributed by atoms with Crippen molar-refractivity contribution in [2.75, 3.05) is 5.32 Å². The Hall–Kier alpha value is -1.62. The highest BCUT2D eigenvalue weighted by Crippen LogP contribution is 2.20. The van der Waals surface area contributed by atoms with E-state index in [0.717, 1.165) is 4.47 Å². The maximum Gasteiger partial charge on any atom is 0.272 e. The minimum Gasteiger partial charge on any atom is -0.340 e. The molecule has 1 amide bonds. The Morgan fingerprint density at radius 3 is 2.89 bits per heavy atom. The molecule has 0 bridgehead atoms. The van der Waals surface area contributed by atoms with Crippen LogP contribution in [0.1, 0.15) is 30.4 Å². The standard InChI is InChI=1S/C13H14BrN3O/c1-9(2)17-8-10(14)6-12(17)13(18)16-11-4-3-5-15-7-11/h3-9H,1-2H3,(H,16,18). The van der Waals surface area contributed by atoms with E-state index in [2.05, 4.69) is 26.2 Å². The summed E-state index contributed by atoms with van der Waals surface area (Å²) in [6, 6.07) is 5.63. The average Bonchev–Trinajstić information content (AvgIpc) is 2.73. The van der Waals surface area contributed by atoms with Crippen LogP contribution in [0.5, 0.6) is 0 Å². The summed E-state index contributed by atoms with van der Waals surface area (Å²) in [5.41, 5.74) is 1.32. The molecule has 0 atom stereocenters. The molecule has 2 rings (SSSR count). The van der Waals surface area contributed by atoms with E-state index in [1.54, 1.807) is 18.5 Å². The molecule has 0 aliphatic heterocycles. The van der Waals surface area contributed by atoms with Crippen molar-refractivity contribution in [1.82, 2.24) is 9.55 Å². The molecular weight excluding hydrogens is 294 g/mol. The summed E-state index contributed by atoms with van der Waals surface area (Å²) in [5.74, 6) is -0.137. The van der Waals surface area contributed by atoms with Crippen LogP contribution in [0.25, 0.3) is 0 Å². The number of nitrogens with one attached hydrogen (secondary N) is 1. The Bertz CT molecular complexity index is 549. The first kappa shape index (κ1) is 12.8. The number of carbonyl (C=O) groups is 1. The van der Waals surface area contributed by atoms with Crippen molar-refractivity contribution in [2.24, 2.45) is 0 Å². The lowest BCUT2D eigenvalue weighted by atomic mass is 10.3. The highest BCUT2D eigenvalue weighted by atomic mass is 79.9. The predicted octanol–water partition coefficient (Wildman–Crippen LogP) is 3.48. The molecule has 0 aliphatic carbocycles. The Labute approximate surface area is 114 Å². The van der Waals surface area contributed by atoms with E-state index in [9.17, 15) is 4.79 Å². The quantitative estimate of drug-likeness (QED) is 0.943. The van der Waals surface area contributed by atoms with Crippen molar-refractivity contribution in [3.05, 3.63) is 47.0 Å². The largest absolute Gasteiger partial charge is 0.340 e. The first-order valence-corrected chi connectivity index (χ1v) is 6.46. The Kier molecular flexibility index (Phi) is 3.81. The molecule has 94 valence electrons. The molecule has 0 saturated heterocycles. The molecule has 0 radical (unpaired) electrons. The molecule has 2 heterocycles. The first-order chi connectivity index (χ1) is 8.58. The fourth-order valence-corrected chi connectivity index (χ4v) is 2.12. The van der Waals surface area contributed by atoms with Crippen molar-refractivity contribution < 1.29 is 4.79 Å². The number of nitrogens with zero attached hydrogens (tertiary/aromatic N) is 2. The maximum absolute atomic E-state index is 12.2. The van der Waals surface area contributed by atoms with Gasteiger partial charge in [0.1, 0.15) is 5.69 Å². The topological polar surface area (TPSA) is 46.9 Å². The summed E-state index contributed by atoms with van der Waals surface area (Å²) >= 11 is 3.39. The first-order valence-electron chi connectivity index (χ1n) is 5.66. The molecule has 4 nitrogen and oxygen atoms in total. The number of hydrogen-bond donors (Lipinski definition) is 1. The third kappa shape index (κ3) is 2.79. The fraction of sp³-hybridized carbons (Fsp3) is 0.231. The van der Waals surface area contributed by atoms with Gasteiger partial charge in [-0.2, -0.15) is 0 Å². The van der Waals surface area contributed by atoms with E-state index >= 15 is 0 Å². The summed E-state index contributed by atoms with van der Waals surface area (Å²) in [5, 5.41) is 2.82. The maximum atomic E-state index is 12.2. The number of hydrogen-bond acceptors (Lipinski definition) is 2. The van der Waals surface area contributed by atoms with E-state index in [-0.39, 0.29) is 11.9 Å². The van der Waals surface area contributed by atoms with Crippen molar-refractivity contribution in [2.45, 2.75) is 19.9 Å². The van der Waals surface area contributed by atoms with Gasteiger partial charge in [-0.1, -0.05) is 0 Å². The van der Waals surface area contributed by atoms with Gasteiger partial charge in [0.2, 0.25) is 0 Å². The molecular formula is C13H14BrN3O. The SMILES string of the molecule is CC(C)n1cc(Br)cc1C(=O)Nc1cccnc1. The van der Waals surface area contributed by atoms with Crippen molar-refractivity contribution in [1.29, 1.82) is 0 Å². The fourth-order valence-electron chi connectivity index (χ4n) is 1.69. The summed E-state index contributed by atoms with van der Waals surface area (Å²) in [6.07, 6.45) is 5.20. The van der Waals surface area contributed by atoms with Gasteiger partial charge >= 0.3 is 0 Å². The van der Waals surface area contributed by atoms with E-state index in [0.29, 0.717) is 11.4 Å². The van der Waals surface area contributed by atoms with E-state index in [1.807, 2.05) is 36.7 Å². The van der Waals surface area contributed by atoms with Crippen LogP contribution in [0, 0.1) is 0 Å². The Morgan fingerprint density at radius 2 is 2.28 bits per heavy atom. The molecule has 0 aliphatic rings. The monoisotopic (exact) mass is 307 g/mol. The van der Waals surface area contributed by atoms with Crippen LogP contribution in [-0.4, -0.2) is 15.5 Å². The van der Waals surface area contributed by atoms with Crippen molar-refractivity contribution >= 4 is 27.5 Å². The second-order valence-corrected chi connectivity index (χ2v) is 5.16. The molecule has 0 saturated carbocycles. The van der Waals surface area contributed by atoms with Crippen LogP contribution in [-0.2, 0) is 0 Å². The zero-order chi connectivity index (χ0) is 13.1. The van der Waals surface area contributed by atoms with Crippen LogP contribution in [0.3, 0.4) is 0 Å². The van der Waals surface area contributed by atoms with E-state index in [1.165, 1.54) is 0 Å². The van der Waals surface area contributed by atoms with Gasteiger partial charge in [0.25, 0.3) is 5.91 Å². The third-order valence-electron chi connectivity index (χ3n) is 2.52. The highest BCUT2D eigenvalue weighted by Gasteiger charge is 2.14. The van der Waals surface area contributed by atoms with Crippen LogP contribution in [0.15, 0.2) is 41.3 Å². The molecule has 1 N–H and O–H groups in total. The lowest BCUT2D eigenvalue weighted by Crippen LogP contribution is -2.17. The second kappa shape index (κ2) is 5.35. The molecule has 18 heavy (non-hydrogen) atoms. The minimum atomic E-state index is -0.137. The molecule has 5 heteroatoms. The van der Waals surface area contributed by atoms with Gasteiger partial charge in [0, 0.05) is 22.9 Å². The smallest absolute Gasteiger partial charge is 0.272 e. The van der Waals surface area contributed by atoms with Crippen molar-refractivity contribution in [3.63, 3.8) is 0 Å². The van der Waals surface area contributed by atoms with Gasteiger partial charge in [0.15, 0.2) is 0 Å². The van der Waals surface area contributed by atoms with Crippen LogP contribution < -0.4 is 5.32 Å². The highest BCUT2D eigenvalue weighted by molar-refractivity contribution is 9.10. The van der Waals surface area contributed by atoms with Crippen LogP contribution in [0.2, 0.25) is 0 Å². The Balaban J connectivity index is 2.24. The molecule has 2 aromatic rings. The number of carbonyl (C=O) groups excluding carboxylic acids is 1. The van der Waals surface area contributed by atoms with Gasteiger partial charge in [-0.15, -0.1) is 0 Å². The molecule has 0 spiro atoms. The third-order valence-corrected chi connectivity index (χ3v) is 2.96. The van der Waals surface area contributed by atoms with Gasteiger partial charge in [-0.25, -0.2) is 0 Å². The lowest BCUT2D eigenvalue weighted by Gasteiger charge is -2.12. The lowest BCUT2D eigenvalue weighted by molar-refractivity contribution is 0.101. The number of amides is 1. The number of aromatic nitrogens is 2. The molecule has 0 fully saturated rings. The molecule has 2 aromatic heterocycles. The number of halogens is 1. The predicted molar refractivity (Wildman–Crippen MR) is 74.7 cm³/mol. The summed E-state index contributed by atoms with van der Waals surface area (Å²) < 4.78 is 2.82. The number of rotatable bonds is 3. The average molecular weight is 308 g/mol. The van der Waals surface area contributed by atoms with Crippen LogP contribution in [0.4, 0.5) is 5.69 Å². The molecule has 0 aromatic carbocycles. The Morgan fingerprint density at radius 1 is 1.50 bits per heavy atom. The van der Waals surface area contributed by atoms with E-state index < -0.39 is 0 Å². The zero-order valence-electron chi connectivity index (χ0n) is 10.2. The van der Waals surface area contributed by atoms with Crippen molar-refractivity contribution in [3.8, 4) is 0 Å². The number of anilines is 1. The van der Waals surface area contributed by atoms with Gasteiger partial charge in [0.05, 0.1) is 11.9 Å². The zero-order valence-corrected chi connectivity index (χ0v) is 11.8. The normalized spacial score (nSPS) is 10.7. The molecule has 0 unspecified atom stereocenters. The number of pyridine rings is 1.